The van der Waals surface area contributed by atoms with Crippen LogP contribution in [-0.2, 0) is 13.1 Å². The first-order valence-corrected chi connectivity index (χ1v) is 9.30. The molecule has 0 bridgehead atoms. The highest BCUT2D eigenvalue weighted by Gasteiger charge is 2.19. The molecule has 1 aromatic heterocycles. The van der Waals surface area contributed by atoms with E-state index in [-0.39, 0.29) is 11.6 Å². The molecule has 0 N–H and O–H groups in total. The van der Waals surface area contributed by atoms with Crippen molar-refractivity contribution >= 4 is 11.6 Å². The van der Waals surface area contributed by atoms with Gasteiger partial charge in [0.1, 0.15) is 0 Å². The molecule has 0 unspecified atom stereocenters. The Labute approximate surface area is 164 Å². The molecule has 2 aromatic carbocycles. The van der Waals surface area contributed by atoms with Gasteiger partial charge in [-0.15, -0.1) is 0 Å². The number of nitro groups is 1. The molecule has 1 amide bonds. The van der Waals surface area contributed by atoms with Gasteiger partial charge in [-0.3, -0.25) is 14.9 Å². The summed E-state index contributed by atoms with van der Waals surface area (Å²) in [5.41, 5.74) is 2.47. The first-order chi connectivity index (χ1) is 13.6. The van der Waals surface area contributed by atoms with Gasteiger partial charge in [-0.05, 0) is 30.2 Å². The van der Waals surface area contributed by atoms with Gasteiger partial charge in [0.2, 0.25) is 0 Å². The SMILES string of the molecule is CCCN(Cc1cccn1Cc1ccccc1)C(=O)c1cccc([N+](=O)[O-])c1. The van der Waals surface area contributed by atoms with Crippen molar-refractivity contribution in [2.45, 2.75) is 26.4 Å². The van der Waals surface area contributed by atoms with Crippen molar-refractivity contribution in [3.05, 3.63) is 99.9 Å². The lowest BCUT2D eigenvalue weighted by Crippen LogP contribution is -2.32. The predicted octanol–water partition coefficient (Wildman–Crippen LogP) is 4.50. The smallest absolute Gasteiger partial charge is 0.270 e. The second-order valence-electron chi connectivity index (χ2n) is 6.65. The van der Waals surface area contributed by atoms with E-state index in [1.807, 2.05) is 43.5 Å². The van der Waals surface area contributed by atoms with E-state index in [1.54, 1.807) is 17.0 Å². The van der Waals surface area contributed by atoms with E-state index < -0.39 is 4.92 Å². The Morgan fingerprint density at radius 1 is 1.07 bits per heavy atom. The fourth-order valence-electron chi connectivity index (χ4n) is 3.18. The number of non-ortho nitro benzene ring substituents is 1. The summed E-state index contributed by atoms with van der Waals surface area (Å²) in [7, 11) is 0. The van der Waals surface area contributed by atoms with Gasteiger partial charge in [0.25, 0.3) is 11.6 Å². The lowest BCUT2D eigenvalue weighted by Gasteiger charge is -2.23. The summed E-state index contributed by atoms with van der Waals surface area (Å²) in [5, 5.41) is 11.0. The average Bonchev–Trinajstić information content (AvgIpc) is 3.14. The van der Waals surface area contributed by atoms with Crippen LogP contribution in [0.15, 0.2) is 72.9 Å². The van der Waals surface area contributed by atoms with Gasteiger partial charge >= 0.3 is 0 Å². The van der Waals surface area contributed by atoms with Gasteiger partial charge in [-0.1, -0.05) is 43.3 Å². The Bertz CT molecular complexity index is 950. The molecular formula is C22H23N3O3. The topological polar surface area (TPSA) is 68.4 Å². The number of benzene rings is 2. The lowest BCUT2D eigenvalue weighted by molar-refractivity contribution is -0.384. The van der Waals surface area contributed by atoms with Gasteiger partial charge in [0, 0.05) is 42.7 Å². The minimum atomic E-state index is -0.480. The monoisotopic (exact) mass is 377 g/mol. The quantitative estimate of drug-likeness (QED) is 0.429. The van der Waals surface area contributed by atoms with Gasteiger partial charge in [0.15, 0.2) is 0 Å². The van der Waals surface area contributed by atoms with Crippen LogP contribution in [0, 0.1) is 10.1 Å². The van der Waals surface area contributed by atoms with Crippen molar-refractivity contribution in [1.29, 1.82) is 0 Å². The first kappa shape index (κ1) is 19.4. The molecule has 0 aliphatic rings. The van der Waals surface area contributed by atoms with E-state index in [0.29, 0.717) is 18.7 Å². The molecule has 3 aromatic rings. The molecule has 0 aliphatic carbocycles. The summed E-state index contributed by atoms with van der Waals surface area (Å²) in [6, 6.07) is 20.0. The highest BCUT2D eigenvalue weighted by Crippen LogP contribution is 2.17. The normalized spacial score (nSPS) is 10.6. The second-order valence-corrected chi connectivity index (χ2v) is 6.65. The van der Waals surface area contributed by atoms with Crippen LogP contribution >= 0.6 is 0 Å². The molecule has 0 radical (unpaired) electrons. The van der Waals surface area contributed by atoms with E-state index in [1.165, 1.54) is 17.7 Å². The zero-order chi connectivity index (χ0) is 19.9. The van der Waals surface area contributed by atoms with Gasteiger partial charge in [-0.25, -0.2) is 0 Å². The summed E-state index contributed by atoms with van der Waals surface area (Å²) >= 11 is 0. The molecule has 0 spiro atoms. The van der Waals surface area contributed by atoms with E-state index in [0.717, 1.165) is 18.7 Å². The molecule has 144 valence electrons. The highest BCUT2D eigenvalue weighted by molar-refractivity contribution is 5.94. The van der Waals surface area contributed by atoms with Crippen LogP contribution in [0.25, 0.3) is 0 Å². The zero-order valence-corrected chi connectivity index (χ0v) is 15.8. The average molecular weight is 377 g/mol. The Morgan fingerprint density at radius 2 is 1.86 bits per heavy atom. The lowest BCUT2D eigenvalue weighted by atomic mass is 10.1. The number of amides is 1. The number of rotatable bonds is 8. The minimum Gasteiger partial charge on any atom is -0.345 e. The zero-order valence-electron chi connectivity index (χ0n) is 15.8. The molecule has 28 heavy (non-hydrogen) atoms. The van der Waals surface area contributed by atoms with Gasteiger partial charge in [-0.2, -0.15) is 0 Å². The molecule has 0 fully saturated rings. The molecule has 0 saturated heterocycles. The molecule has 6 nitrogen and oxygen atoms in total. The third-order valence-electron chi connectivity index (χ3n) is 4.56. The van der Waals surface area contributed by atoms with Crippen molar-refractivity contribution < 1.29 is 9.72 Å². The van der Waals surface area contributed by atoms with E-state index in [9.17, 15) is 14.9 Å². The molecule has 1 heterocycles. The third kappa shape index (κ3) is 4.65. The first-order valence-electron chi connectivity index (χ1n) is 9.30. The molecule has 0 atom stereocenters. The maximum absolute atomic E-state index is 13.0. The summed E-state index contributed by atoms with van der Waals surface area (Å²) < 4.78 is 2.12. The van der Waals surface area contributed by atoms with Crippen molar-refractivity contribution in [3.8, 4) is 0 Å². The number of nitro benzene ring substituents is 1. The van der Waals surface area contributed by atoms with E-state index in [2.05, 4.69) is 16.7 Å². The van der Waals surface area contributed by atoms with Crippen LogP contribution in [0.4, 0.5) is 5.69 Å². The van der Waals surface area contributed by atoms with Gasteiger partial charge < -0.3 is 9.47 Å². The number of carbonyl (C=O) groups is 1. The van der Waals surface area contributed by atoms with Crippen LogP contribution in [0.5, 0.6) is 0 Å². The summed E-state index contributed by atoms with van der Waals surface area (Å²) in [6.45, 7) is 3.78. The number of nitrogens with zero attached hydrogens (tertiary/aromatic N) is 3. The fraction of sp³-hybridized carbons (Fsp3) is 0.227. The third-order valence-corrected chi connectivity index (χ3v) is 4.56. The largest absolute Gasteiger partial charge is 0.345 e. The summed E-state index contributed by atoms with van der Waals surface area (Å²) in [5.74, 6) is -0.196. The maximum atomic E-state index is 13.0. The van der Waals surface area contributed by atoms with Crippen LogP contribution < -0.4 is 0 Å². The van der Waals surface area contributed by atoms with Crippen LogP contribution in [0.3, 0.4) is 0 Å². The van der Waals surface area contributed by atoms with E-state index >= 15 is 0 Å². The highest BCUT2D eigenvalue weighted by atomic mass is 16.6. The molecule has 3 rings (SSSR count). The Morgan fingerprint density at radius 3 is 2.57 bits per heavy atom. The number of aromatic nitrogens is 1. The van der Waals surface area contributed by atoms with Crippen LogP contribution in [-0.4, -0.2) is 26.8 Å². The van der Waals surface area contributed by atoms with Crippen molar-refractivity contribution in [2.24, 2.45) is 0 Å². The number of hydrogen-bond donors (Lipinski definition) is 0. The fourth-order valence-corrected chi connectivity index (χ4v) is 3.18. The maximum Gasteiger partial charge on any atom is 0.270 e. The Hall–Kier alpha value is -3.41. The molecule has 6 heteroatoms. The van der Waals surface area contributed by atoms with Crippen molar-refractivity contribution in [1.82, 2.24) is 9.47 Å². The van der Waals surface area contributed by atoms with Crippen LogP contribution in [0.1, 0.15) is 35.0 Å². The van der Waals surface area contributed by atoms with Crippen molar-refractivity contribution in [2.75, 3.05) is 6.54 Å². The standard InChI is InChI=1S/C22H23N3O3/c1-2-13-24(22(26)19-10-6-11-20(15-19)25(27)28)17-21-12-7-14-23(21)16-18-8-4-3-5-9-18/h3-12,14-15H,2,13,16-17H2,1H3. The Balaban J connectivity index is 1.80. The number of hydrogen-bond acceptors (Lipinski definition) is 3. The van der Waals surface area contributed by atoms with Crippen LogP contribution in [0.2, 0.25) is 0 Å². The second kappa shape index (κ2) is 8.99. The van der Waals surface area contributed by atoms with E-state index in [4.69, 9.17) is 0 Å². The molecule has 0 saturated carbocycles. The summed E-state index contributed by atoms with van der Waals surface area (Å²) in [6.07, 6.45) is 2.81. The number of carbonyl (C=O) groups excluding carboxylic acids is 1. The molecular weight excluding hydrogens is 354 g/mol. The summed E-state index contributed by atoms with van der Waals surface area (Å²) in [4.78, 5) is 25.3. The van der Waals surface area contributed by atoms with Gasteiger partial charge in [0.05, 0.1) is 11.5 Å². The molecule has 0 aliphatic heterocycles. The Kier molecular flexibility index (Phi) is 6.22. The van der Waals surface area contributed by atoms with Crippen molar-refractivity contribution in [3.63, 3.8) is 0 Å². The predicted molar refractivity (Wildman–Crippen MR) is 108 cm³/mol. The minimum absolute atomic E-state index is 0.0743.